The third kappa shape index (κ3) is 2.65. The van der Waals surface area contributed by atoms with Crippen molar-refractivity contribution in [3.8, 4) is 0 Å². The highest BCUT2D eigenvalue weighted by atomic mass is 19.2. The second kappa shape index (κ2) is 4.87. The van der Waals surface area contributed by atoms with Crippen LogP contribution in [-0.4, -0.2) is 17.1 Å². The van der Waals surface area contributed by atoms with Crippen LogP contribution in [0.25, 0.3) is 0 Å². The topological polar surface area (TPSA) is 49.3 Å². The zero-order valence-electron chi connectivity index (χ0n) is 8.43. The fourth-order valence-corrected chi connectivity index (χ4v) is 1.16. The molecule has 0 saturated heterocycles. The van der Waals surface area contributed by atoms with Gasteiger partial charge in [0.15, 0.2) is 11.6 Å². The van der Waals surface area contributed by atoms with Gasteiger partial charge in [-0.1, -0.05) is 6.92 Å². The molecule has 0 aromatic heterocycles. The fourth-order valence-electron chi connectivity index (χ4n) is 1.16. The summed E-state index contributed by atoms with van der Waals surface area (Å²) in [5, 5.41) is 11.0. The second-order valence-corrected chi connectivity index (χ2v) is 3.19. The van der Waals surface area contributed by atoms with Crippen molar-refractivity contribution in [3.05, 3.63) is 29.6 Å². The van der Waals surface area contributed by atoms with Gasteiger partial charge >= 0.3 is 5.97 Å². The number of halogens is 3. The van der Waals surface area contributed by atoms with Gasteiger partial charge in [-0.15, -0.1) is 0 Å². The fraction of sp³-hybridized carbons (Fsp3) is 0.300. The zero-order valence-corrected chi connectivity index (χ0v) is 8.43. The number of carboxylic acid groups (broad SMARTS) is 1. The Morgan fingerprint density at radius 2 is 1.88 bits per heavy atom. The largest absolute Gasteiger partial charge is 0.480 e. The lowest BCUT2D eigenvalue weighted by atomic mass is 10.2. The van der Waals surface area contributed by atoms with Gasteiger partial charge in [0.2, 0.25) is 0 Å². The molecule has 3 nitrogen and oxygen atoms in total. The van der Waals surface area contributed by atoms with Gasteiger partial charge in [-0.3, -0.25) is 0 Å². The second-order valence-electron chi connectivity index (χ2n) is 3.19. The van der Waals surface area contributed by atoms with Crippen molar-refractivity contribution in [2.45, 2.75) is 19.4 Å². The van der Waals surface area contributed by atoms with Crippen LogP contribution in [0, 0.1) is 17.5 Å². The molecule has 1 aromatic carbocycles. The maximum absolute atomic E-state index is 13.1. The molecule has 88 valence electrons. The smallest absolute Gasteiger partial charge is 0.326 e. The Labute approximate surface area is 89.9 Å². The number of hydrogen-bond acceptors (Lipinski definition) is 2. The number of hydrogen-bond donors (Lipinski definition) is 2. The number of rotatable bonds is 4. The van der Waals surface area contributed by atoms with E-state index in [4.69, 9.17) is 5.11 Å². The molecular weight excluding hydrogens is 223 g/mol. The van der Waals surface area contributed by atoms with Crippen LogP contribution in [0.1, 0.15) is 13.3 Å². The first kappa shape index (κ1) is 12.4. The van der Waals surface area contributed by atoms with Crippen molar-refractivity contribution in [2.75, 3.05) is 5.32 Å². The summed E-state index contributed by atoms with van der Waals surface area (Å²) >= 11 is 0. The molecule has 0 aliphatic rings. The summed E-state index contributed by atoms with van der Waals surface area (Å²) in [6.45, 7) is 1.57. The normalized spacial score (nSPS) is 12.2. The van der Waals surface area contributed by atoms with E-state index >= 15 is 0 Å². The summed E-state index contributed by atoms with van der Waals surface area (Å²) in [5.74, 6) is -4.76. The molecule has 6 heteroatoms. The van der Waals surface area contributed by atoms with Gasteiger partial charge in [0, 0.05) is 12.1 Å². The predicted molar refractivity (Wildman–Crippen MR) is 51.7 cm³/mol. The molecule has 0 spiro atoms. The number of nitrogens with one attached hydrogen (secondary N) is 1. The quantitative estimate of drug-likeness (QED) is 0.785. The van der Waals surface area contributed by atoms with E-state index in [2.05, 4.69) is 5.32 Å². The van der Waals surface area contributed by atoms with Crippen molar-refractivity contribution in [3.63, 3.8) is 0 Å². The molecule has 0 saturated carbocycles. The average molecular weight is 233 g/mol. The Morgan fingerprint density at radius 1 is 1.31 bits per heavy atom. The summed E-state index contributed by atoms with van der Waals surface area (Å²) in [4.78, 5) is 10.6. The number of aliphatic carboxylic acids is 1. The first-order chi connectivity index (χ1) is 7.45. The van der Waals surface area contributed by atoms with E-state index in [1.54, 1.807) is 6.92 Å². The van der Waals surface area contributed by atoms with E-state index < -0.39 is 29.5 Å². The summed E-state index contributed by atoms with van der Waals surface area (Å²) < 4.78 is 38.5. The van der Waals surface area contributed by atoms with Gasteiger partial charge in [-0.25, -0.2) is 18.0 Å². The van der Waals surface area contributed by atoms with Crippen LogP contribution in [0.2, 0.25) is 0 Å². The van der Waals surface area contributed by atoms with Crippen LogP contribution in [0.15, 0.2) is 12.1 Å². The first-order valence-corrected chi connectivity index (χ1v) is 4.59. The van der Waals surface area contributed by atoms with E-state index in [9.17, 15) is 18.0 Å². The lowest BCUT2D eigenvalue weighted by Gasteiger charge is -2.14. The maximum atomic E-state index is 13.1. The molecule has 0 heterocycles. The van der Waals surface area contributed by atoms with Crippen LogP contribution in [0.4, 0.5) is 18.9 Å². The van der Waals surface area contributed by atoms with Crippen LogP contribution < -0.4 is 5.32 Å². The minimum Gasteiger partial charge on any atom is -0.480 e. The summed E-state index contributed by atoms with van der Waals surface area (Å²) in [7, 11) is 0. The zero-order chi connectivity index (χ0) is 12.3. The summed E-state index contributed by atoms with van der Waals surface area (Å²) in [5.41, 5.74) is -0.367. The van der Waals surface area contributed by atoms with Crippen molar-refractivity contribution in [1.82, 2.24) is 0 Å². The first-order valence-electron chi connectivity index (χ1n) is 4.59. The molecule has 2 N–H and O–H groups in total. The minimum atomic E-state index is -1.31. The Hall–Kier alpha value is -1.72. The number of anilines is 1. The molecule has 0 aliphatic carbocycles. The molecule has 1 rings (SSSR count). The van der Waals surface area contributed by atoms with Gasteiger partial charge in [-0.05, 0) is 6.42 Å². The third-order valence-electron chi connectivity index (χ3n) is 2.05. The molecule has 1 unspecified atom stereocenters. The summed E-state index contributed by atoms with van der Waals surface area (Å²) in [6.07, 6.45) is 0.188. The minimum absolute atomic E-state index is 0.188. The van der Waals surface area contributed by atoms with Crippen LogP contribution >= 0.6 is 0 Å². The monoisotopic (exact) mass is 233 g/mol. The van der Waals surface area contributed by atoms with Gasteiger partial charge < -0.3 is 10.4 Å². The maximum Gasteiger partial charge on any atom is 0.326 e. The van der Waals surface area contributed by atoms with Crippen LogP contribution in [-0.2, 0) is 4.79 Å². The molecule has 16 heavy (non-hydrogen) atoms. The standard InChI is InChI=1S/C10H10F3NO2/c1-2-8(10(15)16)14-9-4-6(12)5(11)3-7(9)13/h3-4,8,14H,2H2,1H3,(H,15,16). The van der Waals surface area contributed by atoms with Gasteiger partial charge in [0.1, 0.15) is 11.9 Å². The molecule has 1 atom stereocenters. The Bertz CT molecular complexity index is 409. The van der Waals surface area contributed by atoms with Crippen LogP contribution in [0.5, 0.6) is 0 Å². The Kier molecular flexibility index (Phi) is 3.76. The highest BCUT2D eigenvalue weighted by Crippen LogP contribution is 2.19. The number of benzene rings is 1. The van der Waals surface area contributed by atoms with E-state index in [0.717, 1.165) is 0 Å². The molecule has 1 aromatic rings. The summed E-state index contributed by atoms with van der Waals surface area (Å²) in [6, 6.07) is -0.0814. The molecule has 0 amide bonds. The van der Waals surface area contributed by atoms with Gasteiger partial charge in [-0.2, -0.15) is 0 Å². The van der Waals surface area contributed by atoms with Gasteiger partial charge in [0.25, 0.3) is 0 Å². The predicted octanol–water partition coefficient (Wildman–Crippen LogP) is 2.38. The average Bonchev–Trinajstić information content (AvgIpc) is 2.21. The highest BCUT2D eigenvalue weighted by molar-refractivity contribution is 5.77. The molecule has 0 radical (unpaired) electrons. The number of carbonyl (C=O) groups is 1. The van der Waals surface area contributed by atoms with E-state index in [1.807, 2.05) is 0 Å². The Morgan fingerprint density at radius 3 is 2.38 bits per heavy atom. The molecule has 0 bridgehead atoms. The lowest BCUT2D eigenvalue weighted by Crippen LogP contribution is -2.28. The van der Waals surface area contributed by atoms with E-state index in [1.165, 1.54) is 0 Å². The van der Waals surface area contributed by atoms with Crippen LogP contribution in [0.3, 0.4) is 0 Å². The molecular formula is C10H10F3NO2. The lowest BCUT2D eigenvalue weighted by molar-refractivity contribution is -0.137. The Balaban J connectivity index is 2.96. The van der Waals surface area contributed by atoms with Crippen molar-refractivity contribution in [2.24, 2.45) is 0 Å². The van der Waals surface area contributed by atoms with Gasteiger partial charge in [0.05, 0.1) is 5.69 Å². The van der Waals surface area contributed by atoms with E-state index in [0.29, 0.717) is 12.1 Å². The molecule has 0 fully saturated rings. The van der Waals surface area contributed by atoms with Crippen molar-refractivity contribution < 1.29 is 23.1 Å². The third-order valence-corrected chi connectivity index (χ3v) is 2.05. The number of carboxylic acids is 1. The van der Waals surface area contributed by atoms with Crippen molar-refractivity contribution >= 4 is 11.7 Å². The van der Waals surface area contributed by atoms with Crippen molar-refractivity contribution in [1.29, 1.82) is 0 Å². The molecule has 0 aliphatic heterocycles. The SMILES string of the molecule is CCC(Nc1cc(F)c(F)cc1F)C(=O)O. The van der Waals surface area contributed by atoms with E-state index in [-0.39, 0.29) is 12.1 Å². The highest BCUT2D eigenvalue weighted by Gasteiger charge is 2.17.